The first-order valence-corrected chi connectivity index (χ1v) is 31.4. The van der Waals surface area contributed by atoms with Gasteiger partial charge < -0.3 is 107 Å². The van der Waals surface area contributed by atoms with E-state index in [0.29, 0.717) is 38.5 Å². The zero-order chi connectivity index (χ0) is 63.4. The minimum atomic E-state index is -2.06. The van der Waals surface area contributed by atoms with Crippen LogP contribution in [0.2, 0.25) is 0 Å². The van der Waals surface area contributed by atoms with Crippen LogP contribution in [0, 0.1) is 16.7 Å². The van der Waals surface area contributed by atoms with Gasteiger partial charge in [0, 0.05) is 66.1 Å². The van der Waals surface area contributed by atoms with Crippen LogP contribution in [0.3, 0.4) is 0 Å². The van der Waals surface area contributed by atoms with Gasteiger partial charge in [-0.15, -0.1) is 0 Å². The van der Waals surface area contributed by atoms with E-state index >= 15 is 0 Å². The number of benzene rings is 1. The van der Waals surface area contributed by atoms with Gasteiger partial charge in [-0.05, 0) is 104 Å². The van der Waals surface area contributed by atoms with Crippen molar-refractivity contribution in [1.29, 1.82) is 0 Å². The number of carbonyl (C=O) groups excluding carboxylic acids is 2. The van der Waals surface area contributed by atoms with Gasteiger partial charge in [-0.25, -0.2) is 4.79 Å². The van der Waals surface area contributed by atoms with E-state index in [1.807, 2.05) is 57.2 Å². The number of fused-ring (bicyclic) bond motifs is 5. The molecule has 4 aliphatic carbocycles. The number of ether oxygens (including phenoxy) is 15. The normalized spacial score (nSPS) is 48.9. The fourth-order valence-corrected chi connectivity index (χ4v) is 16.5. The minimum absolute atomic E-state index is 0.0639. The third kappa shape index (κ3) is 12.4. The Bertz CT molecular complexity index is 2590. The SMILES string of the molecule is COC1CC(OC2CCC3(C)C(=CCC4(O)C3CC(OC(=O)C=Cc3ccccc3)C3(C)C(O)(C(C)=O)CCC43O)C2)OC(C)C1OC1CC(OC)C(OC2CC(OC)C(OC3CC(OC)C(OC4OC(CO)C(O)C(O)C4O)C(C)O3)C(C)O2)C(C)O1. The number of aliphatic hydroxyl groups is 7. The fourth-order valence-electron chi connectivity index (χ4n) is 16.5. The summed E-state index contributed by atoms with van der Waals surface area (Å²) in [6, 6.07) is 9.27. The van der Waals surface area contributed by atoms with Gasteiger partial charge in [-0.1, -0.05) is 48.9 Å². The molecule has 9 aliphatic rings. The molecule has 3 saturated carbocycles. The lowest BCUT2D eigenvalue weighted by Crippen LogP contribution is -2.78. The van der Waals surface area contributed by atoms with Gasteiger partial charge >= 0.3 is 5.97 Å². The molecule has 1 aromatic carbocycles. The van der Waals surface area contributed by atoms with Crippen LogP contribution in [-0.2, 0) is 80.6 Å². The van der Waals surface area contributed by atoms with Crippen LogP contribution in [0.4, 0.5) is 0 Å². The molecule has 10 rings (SSSR count). The van der Waals surface area contributed by atoms with Gasteiger partial charge in [0.25, 0.3) is 0 Å². The number of ketones is 1. The van der Waals surface area contributed by atoms with E-state index in [1.54, 1.807) is 41.3 Å². The summed E-state index contributed by atoms with van der Waals surface area (Å²) in [6.07, 6.45) is -10.3. The molecule has 5 saturated heterocycles. The number of esters is 1. The maximum absolute atomic E-state index is 13.7. The number of methoxy groups -OCH3 is 4. The van der Waals surface area contributed by atoms with Crippen molar-refractivity contribution >= 4 is 17.8 Å². The number of Topliss-reactive ketones (excluding diaryl/α,β-unsaturated/α-hetero) is 1. The Morgan fingerprint density at radius 2 is 1.11 bits per heavy atom. The van der Waals surface area contributed by atoms with Crippen LogP contribution < -0.4 is 0 Å². The number of rotatable bonds is 19. The van der Waals surface area contributed by atoms with Crippen molar-refractivity contribution in [3.05, 3.63) is 53.6 Å². The summed E-state index contributed by atoms with van der Waals surface area (Å²) < 4.78 is 94.3. The van der Waals surface area contributed by atoms with Crippen LogP contribution in [-0.4, -0.2) is 241 Å². The number of aliphatic hydroxyl groups excluding tert-OH is 4. The average Bonchev–Trinajstić information content (AvgIpc) is 1.35. The van der Waals surface area contributed by atoms with Gasteiger partial charge in [0.2, 0.25) is 0 Å². The molecule has 496 valence electrons. The molecule has 24 nitrogen and oxygen atoms in total. The summed E-state index contributed by atoms with van der Waals surface area (Å²) in [7, 11) is 6.34. The molecule has 0 amide bonds. The van der Waals surface area contributed by atoms with E-state index in [-0.39, 0.29) is 38.2 Å². The number of hydrogen-bond acceptors (Lipinski definition) is 24. The average molecular weight is 1250 g/mol. The molecular formula is C64H96O24. The van der Waals surface area contributed by atoms with Crippen molar-refractivity contribution in [3.63, 3.8) is 0 Å². The van der Waals surface area contributed by atoms with E-state index in [4.69, 9.17) is 71.1 Å². The largest absolute Gasteiger partial charge is 0.458 e. The van der Waals surface area contributed by atoms with E-state index < -0.39 is 187 Å². The molecule has 0 spiro atoms. The second-order valence-electron chi connectivity index (χ2n) is 26.4. The summed E-state index contributed by atoms with van der Waals surface area (Å²) in [6.45, 7) is 11.8. The van der Waals surface area contributed by atoms with Crippen molar-refractivity contribution in [3.8, 4) is 0 Å². The van der Waals surface area contributed by atoms with Crippen molar-refractivity contribution in [2.75, 3.05) is 35.0 Å². The molecule has 1 aromatic rings. The maximum Gasteiger partial charge on any atom is 0.331 e. The van der Waals surface area contributed by atoms with Crippen molar-refractivity contribution in [1.82, 2.24) is 0 Å². The van der Waals surface area contributed by atoms with Crippen molar-refractivity contribution in [2.45, 2.75) is 277 Å². The molecule has 7 N–H and O–H groups in total. The second kappa shape index (κ2) is 27.1. The third-order valence-corrected chi connectivity index (χ3v) is 21.7. The summed E-state index contributed by atoms with van der Waals surface area (Å²) in [5.74, 6) is -1.84. The molecule has 24 heteroatoms. The van der Waals surface area contributed by atoms with E-state index in [1.165, 1.54) is 20.1 Å². The summed E-state index contributed by atoms with van der Waals surface area (Å²) in [5.41, 5.74) is -6.36. The van der Waals surface area contributed by atoms with Gasteiger partial charge in [0.1, 0.15) is 71.7 Å². The van der Waals surface area contributed by atoms with Crippen molar-refractivity contribution < 1.29 is 116 Å². The maximum atomic E-state index is 13.7. The first-order chi connectivity index (χ1) is 41.8. The predicted molar refractivity (Wildman–Crippen MR) is 308 cm³/mol. The van der Waals surface area contributed by atoms with Crippen LogP contribution in [0.15, 0.2) is 48.1 Å². The molecule has 29 atom stereocenters. The molecule has 5 aliphatic heterocycles. The van der Waals surface area contributed by atoms with E-state index in [9.17, 15) is 45.3 Å². The molecule has 29 unspecified atom stereocenters. The fraction of sp³-hybridized carbons (Fsp3) is 0.812. The quantitative estimate of drug-likeness (QED) is 0.0595. The van der Waals surface area contributed by atoms with Crippen LogP contribution >= 0.6 is 0 Å². The molecular weight excluding hydrogens is 1150 g/mol. The Morgan fingerprint density at radius 1 is 0.625 bits per heavy atom. The Balaban J connectivity index is 0.723. The highest BCUT2D eigenvalue weighted by molar-refractivity contribution is 5.88. The first kappa shape index (κ1) is 67.9. The molecule has 0 radical (unpaired) electrons. The Labute approximate surface area is 515 Å². The van der Waals surface area contributed by atoms with Gasteiger partial charge in [-0.2, -0.15) is 0 Å². The van der Waals surface area contributed by atoms with Crippen LogP contribution in [0.1, 0.15) is 125 Å². The van der Waals surface area contributed by atoms with Crippen molar-refractivity contribution in [2.24, 2.45) is 16.7 Å². The first-order valence-electron chi connectivity index (χ1n) is 31.4. The second-order valence-corrected chi connectivity index (χ2v) is 26.4. The lowest BCUT2D eigenvalue weighted by molar-refractivity contribution is -0.358. The summed E-state index contributed by atoms with van der Waals surface area (Å²) in [4.78, 5) is 27.0. The highest BCUT2D eigenvalue weighted by Crippen LogP contribution is 2.71. The van der Waals surface area contributed by atoms with Crippen LogP contribution in [0.5, 0.6) is 0 Å². The molecule has 0 bridgehead atoms. The minimum Gasteiger partial charge on any atom is -0.458 e. The van der Waals surface area contributed by atoms with Gasteiger partial charge in [-0.3, -0.25) is 4.79 Å². The standard InChI is InChI=1S/C64H96O24/c1-32-55(85-49-27-41(75-9)56(33(2)79-49)86-50-28-42(76-10)57(34(3)80-50)87-51-29-43(77-11)58(35(4)81-51)88-59-54(70)53(69)52(68)44(31-65)83-59)40(74-8)26-48(78-32)82-39-20-21-60(6)38(25-39)19-22-63(72)45(60)30-46(84-47(67)18-17-37-15-13-12-14-16-37)61(7)62(71,36(5)66)23-24-64(61,63)73/h12-19,32-35,39-46,48-59,65,68-73H,20-31H2,1-11H3. The van der Waals surface area contributed by atoms with Gasteiger partial charge in [0.05, 0.1) is 67.0 Å². The Kier molecular flexibility index (Phi) is 20.9. The van der Waals surface area contributed by atoms with E-state index in [2.05, 4.69) is 6.92 Å². The zero-order valence-corrected chi connectivity index (χ0v) is 52.5. The Hall–Kier alpha value is -3.00. The smallest absolute Gasteiger partial charge is 0.331 e. The number of carbonyl (C=O) groups is 2. The highest BCUT2D eigenvalue weighted by atomic mass is 16.8. The topological polar surface area (TPSA) is 314 Å². The zero-order valence-electron chi connectivity index (χ0n) is 52.5. The highest BCUT2D eigenvalue weighted by Gasteiger charge is 2.81. The molecule has 0 aromatic heterocycles. The van der Waals surface area contributed by atoms with E-state index in [0.717, 1.165) is 11.1 Å². The third-order valence-electron chi connectivity index (χ3n) is 21.7. The summed E-state index contributed by atoms with van der Waals surface area (Å²) in [5, 5.41) is 79.2. The molecule has 88 heavy (non-hydrogen) atoms. The monoisotopic (exact) mass is 1250 g/mol. The van der Waals surface area contributed by atoms with Crippen LogP contribution in [0.25, 0.3) is 6.08 Å². The predicted octanol–water partition coefficient (Wildman–Crippen LogP) is 3.06. The lowest BCUT2D eigenvalue weighted by atomic mass is 9.42. The summed E-state index contributed by atoms with van der Waals surface area (Å²) >= 11 is 0. The number of hydrogen-bond donors (Lipinski definition) is 7. The van der Waals surface area contributed by atoms with Gasteiger partial charge in [0.15, 0.2) is 37.2 Å². The molecule has 8 fully saturated rings. The lowest BCUT2D eigenvalue weighted by Gasteiger charge is -2.67. The Morgan fingerprint density at radius 3 is 1.59 bits per heavy atom. The molecule has 5 heterocycles.